The minimum absolute atomic E-state index is 0.128. The number of halogens is 3. The van der Waals surface area contributed by atoms with Crippen molar-refractivity contribution in [3.63, 3.8) is 0 Å². The van der Waals surface area contributed by atoms with E-state index in [0.717, 1.165) is 6.07 Å². The molecule has 1 aliphatic rings. The van der Waals surface area contributed by atoms with Crippen LogP contribution in [0.4, 0.5) is 13.2 Å². The molecule has 4 nitrogen and oxygen atoms in total. The number of alkyl halides is 3. The SMILES string of the molecule is Cc1cccc2c(C(O)NCC3CC=CO3)cc(C(F)(F)F)nc12. The molecule has 2 N–H and O–H groups in total. The van der Waals surface area contributed by atoms with Gasteiger partial charge in [-0.3, -0.25) is 5.32 Å². The first-order chi connectivity index (χ1) is 11.4. The Labute approximate surface area is 137 Å². The number of ether oxygens (including phenoxy) is 1. The Morgan fingerprint density at radius 2 is 2.21 bits per heavy atom. The first kappa shape index (κ1) is 16.7. The van der Waals surface area contributed by atoms with Gasteiger partial charge in [-0.15, -0.1) is 0 Å². The van der Waals surface area contributed by atoms with Gasteiger partial charge in [-0.05, 0) is 24.6 Å². The van der Waals surface area contributed by atoms with Crippen LogP contribution < -0.4 is 5.32 Å². The smallest absolute Gasteiger partial charge is 0.433 e. The molecule has 7 heteroatoms. The highest BCUT2D eigenvalue weighted by Gasteiger charge is 2.34. The van der Waals surface area contributed by atoms with E-state index in [0.29, 0.717) is 23.9 Å². The molecule has 2 atom stereocenters. The van der Waals surface area contributed by atoms with Gasteiger partial charge in [0.2, 0.25) is 0 Å². The number of aromatic nitrogens is 1. The monoisotopic (exact) mass is 338 g/mol. The standard InChI is InChI=1S/C17H17F3N2O2/c1-10-4-2-6-12-13(8-14(17(18,19)20)22-15(10)12)16(23)21-9-11-5-3-7-24-11/h2-4,6-8,11,16,21,23H,5,9H2,1H3. The van der Waals surface area contributed by atoms with Crippen molar-refractivity contribution in [3.8, 4) is 0 Å². The number of benzene rings is 1. The average Bonchev–Trinajstić information content (AvgIpc) is 3.04. The Hall–Kier alpha value is -2.12. The topological polar surface area (TPSA) is 54.4 Å². The molecule has 2 heterocycles. The lowest BCUT2D eigenvalue weighted by molar-refractivity contribution is -0.141. The molecule has 1 aliphatic heterocycles. The molecular weight excluding hydrogens is 321 g/mol. The van der Waals surface area contributed by atoms with E-state index in [-0.39, 0.29) is 17.2 Å². The number of fused-ring (bicyclic) bond motifs is 1. The van der Waals surface area contributed by atoms with Gasteiger partial charge < -0.3 is 9.84 Å². The number of hydrogen-bond acceptors (Lipinski definition) is 4. The number of aryl methyl sites for hydroxylation is 1. The number of rotatable bonds is 4. The van der Waals surface area contributed by atoms with E-state index in [2.05, 4.69) is 10.3 Å². The summed E-state index contributed by atoms with van der Waals surface area (Å²) >= 11 is 0. The summed E-state index contributed by atoms with van der Waals surface area (Å²) in [4.78, 5) is 3.73. The second-order valence-corrected chi connectivity index (χ2v) is 5.74. The molecule has 2 aromatic rings. The van der Waals surface area contributed by atoms with Crippen molar-refractivity contribution in [3.05, 3.63) is 53.4 Å². The second kappa shape index (κ2) is 6.41. The van der Waals surface area contributed by atoms with Gasteiger partial charge in [0.25, 0.3) is 0 Å². The summed E-state index contributed by atoms with van der Waals surface area (Å²) in [7, 11) is 0. The van der Waals surface area contributed by atoms with Crippen molar-refractivity contribution in [2.24, 2.45) is 0 Å². The fourth-order valence-corrected chi connectivity index (χ4v) is 2.70. The van der Waals surface area contributed by atoms with Gasteiger partial charge in [0.1, 0.15) is 18.0 Å². The summed E-state index contributed by atoms with van der Waals surface area (Å²) in [5.41, 5.74) is -0.00162. The second-order valence-electron chi connectivity index (χ2n) is 5.74. The maximum atomic E-state index is 13.1. The van der Waals surface area contributed by atoms with Crippen LogP contribution in [0.15, 0.2) is 36.6 Å². The van der Waals surface area contributed by atoms with Crippen molar-refractivity contribution in [1.82, 2.24) is 10.3 Å². The van der Waals surface area contributed by atoms with E-state index >= 15 is 0 Å². The highest BCUT2D eigenvalue weighted by Crippen LogP contribution is 2.33. The van der Waals surface area contributed by atoms with Crippen LogP contribution in [-0.2, 0) is 10.9 Å². The molecule has 0 bridgehead atoms. The van der Waals surface area contributed by atoms with Crippen LogP contribution in [-0.4, -0.2) is 22.7 Å². The third-order valence-electron chi connectivity index (χ3n) is 3.96. The van der Waals surface area contributed by atoms with Crippen LogP contribution in [0.5, 0.6) is 0 Å². The molecule has 0 saturated carbocycles. The Kier molecular flexibility index (Phi) is 4.47. The average molecular weight is 338 g/mol. The molecule has 1 aromatic heterocycles. The zero-order valence-electron chi connectivity index (χ0n) is 13.0. The molecule has 0 aliphatic carbocycles. The fourth-order valence-electron chi connectivity index (χ4n) is 2.70. The molecule has 0 spiro atoms. The molecule has 0 saturated heterocycles. The lowest BCUT2D eigenvalue weighted by Gasteiger charge is -2.20. The zero-order valence-corrected chi connectivity index (χ0v) is 13.0. The summed E-state index contributed by atoms with van der Waals surface area (Å²) in [5.74, 6) is 0. The van der Waals surface area contributed by atoms with Crippen LogP contribution in [0.2, 0.25) is 0 Å². The largest absolute Gasteiger partial charge is 0.497 e. The van der Waals surface area contributed by atoms with Crippen molar-refractivity contribution < 1.29 is 23.0 Å². The summed E-state index contributed by atoms with van der Waals surface area (Å²) in [6.45, 7) is 2.02. The number of aliphatic hydroxyl groups excluding tert-OH is 1. The van der Waals surface area contributed by atoms with Gasteiger partial charge in [-0.25, -0.2) is 4.98 Å². The maximum absolute atomic E-state index is 13.1. The van der Waals surface area contributed by atoms with Gasteiger partial charge in [-0.2, -0.15) is 13.2 Å². The van der Waals surface area contributed by atoms with Crippen LogP contribution in [0.1, 0.15) is 29.5 Å². The van der Waals surface area contributed by atoms with Gasteiger partial charge in [0, 0.05) is 23.9 Å². The number of para-hydroxylation sites is 1. The molecule has 128 valence electrons. The van der Waals surface area contributed by atoms with Crippen LogP contribution in [0.25, 0.3) is 10.9 Å². The van der Waals surface area contributed by atoms with Crippen molar-refractivity contribution in [2.45, 2.75) is 31.9 Å². The van der Waals surface area contributed by atoms with E-state index < -0.39 is 18.1 Å². The molecule has 24 heavy (non-hydrogen) atoms. The molecule has 0 amide bonds. The van der Waals surface area contributed by atoms with E-state index in [9.17, 15) is 18.3 Å². The van der Waals surface area contributed by atoms with Crippen molar-refractivity contribution in [2.75, 3.05) is 6.54 Å². The third-order valence-corrected chi connectivity index (χ3v) is 3.96. The predicted molar refractivity (Wildman–Crippen MR) is 83.1 cm³/mol. The quantitative estimate of drug-likeness (QED) is 0.839. The van der Waals surface area contributed by atoms with Gasteiger partial charge >= 0.3 is 6.18 Å². The molecule has 0 radical (unpaired) electrons. The minimum atomic E-state index is -4.58. The predicted octanol–water partition coefficient (Wildman–Crippen LogP) is 3.45. The number of pyridine rings is 1. The highest BCUT2D eigenvalue weighted by atomic mass is 19.4. The van der Waals surface area contributed by atoms with E-state index in [1.54, 1.807) is 31.4 Å². The molecule has 3 rings (SSSR count). The first-order valence-corrected chi connectivity index (χ1v) is 7.55. The normalized spacial score (nSPS) is 18.8. The maximum Gasteiger partial charge on any atom is 0.433 e. The Morgan fingerprint density at radius 1 is 1.42 bits per heavy atom. The Balaban J connectivity index is 1.96. The number of aliphatic hydroxyl groups is 1. The zero-order chi connectivity index (χ0) is 17.3. The summed E-state index contributed by atoms with van der Waals surface area (Å²) in [6.07, 6.45) is -1.83. The third kappa shape index (κ3) is 3.37. The summed E-state index contributed by atoms with van der Waals surface area (Å²) in [5, 5.41) is 13.7. The van der Waals surface area contributed by atoms with E-state index in [4.69, 9.17) is 4.74 Å². The van der Waals surface area contributed by atoms with Gasteiger partial charge in [-0.1, -0.05) is 18.2 Å². The Bertz CT molecular complexity index is 766. The van der Waals surface area contributed by atoms with Gasteiger partial charge in [0.15, 0.2) is 0 Å². The molecule has 1 aromatic carbocycles. The van der Waals surface area contributed by atoms with E-state index in [1.165, 1.54) is 0 Å². The number of nitrogens with one attached hydrogen (secondary N) is 1. The van der Waals surface area contributed by atoms with E-state index in [1.807, 2.05) is 6.08 Å². The molecule has 0 fully saturated rings. The highest BCUT2D eigenvalue weighted by molar-refractivity contribution is 5.85. The summed E-state index contributed by atoms with van der Waals surface area (Å²) < 4.78 is 44.7. The summed E-state index contributed by atoms with van der Waals surface area (Å²) in [6, 6.07) is 5.97. The first-order valence-electron chi connectivity index (χ1n) is 7.55. The Morgan fingerprint density at radius 3 is 2.88 bits per heavy atom. The molecular formula is C17H17F3N2O2. The van der Waals surface area contributed by atoms with Crippen molar-refractivity contribution >= 4 is 10.9 Å². The lowest BCUT2D eigenvalue weighted by Crippen LogP contribution is -2.30. The molecule has 2 unspecified atom stereocenters. The van der Waals surface area contributed by atoms with Crippen LogP contribution in [0.3, 0.4) is 0 Å². The lowest BCUT2D eigenvalue weighted by atomic mass is 10.0. The van der Waals surface area contributed by atoms with Crippen LogP contribution >= 0.6 is 0 Å². The number of nitrogens with zero attached hydrogens (tertiary/aromatic N) is 1. The van der Waals surface area contributed by atoms with Crippen molar-refractivity contribution in [1.29, 1.82) is 0 Å². The number of hydrogen-bond donors (Lipinski definition) is 2. The fraction of sp³-hybridized carbons (Fsp3) is 0.353. The van der Waals surface area contributed by atoms with Crippen LogP contribution in [0, 0.1) is 6.92 Å². The van der Waals surface area contributed by atoms with Gasteiger partial charge in [0.05, 0.1) is 11.8 Å². The minimum Gasteiger partial charge on any atom is -0.497 e.